The fourth-order valence-electron chi connectivity index (χ4n) is 4.61. The Kier molecular flexibility index (Phi) is 4.43. The van der Waals surface area contributed by atoms with Gasteiger partial charge in [0.1, 0.15) is 0 Å². The zero-order chi connectivity index (χ0) is 17.2. The fraction of sp³-hybridized carbons (Fsp3) is 0.429. The topological polar surface area (TPSA) is 46.4 Å². The Balaban J connectivity index is 1.64. The molecule has 4 heteroatoms. The standard InChI is InChI=1S/C21H24N2O2/c24-23(25)19-10-11-21-18(15-19)14-17-8-4-5-9-20(17)22(21)13-12-16-6-2-1-3-7-16/h1-3,6-7,10-11,15,17,20H,4-5,8-9,12-14H2/t17-,20-/m0/s1. The van der Waals surface area contributed by atoms with Gasteiger partial charge in [0.2, 0.25) is 0 Å². The Hall–Kier alpha value is -2.36. The summed E-state index contributed by atoms with van der Waals surface area (Å²) in [4.78, 5) is 13.4. The molecule has 4 rings (SSSR count). The van der Waals surface area contributed by atoms with E-state index in [2.05, 4.69) is 35.2 Å². The minimum Gasteiger partial charge on any atom is -0.368 e. The Morgan fingerprint density at radius 3 is 2.68 bits per heavy atom. The summed E-state index contributed by atoms with van der Waals surface area (Å²) >= 11 is 0. The van der Waals surface area contributed by atoms with Crippen molar-refractivity contribution in [2.75, 3.05) is 11.4 Å². The van der Waals surface area contributed by atoms with Crippen LogP contribution in [-0.2, 0) is 12.8 Å². The average molecular weight is 336 g/mol. The average Bonchev–Trinajstić information content (AvgIpc) is 2.65. The van der Waals surface area contributed by atoms with Gasteiger partial charge in [-0.3, -0.25) is 10.1 Å². The van der Waals surface area contributed by atoms with Crippen molar-refractivity contribution in [3.8, 4) is 0 Å². The number of hydrogen-bond donors (Lipinski definition) is 0. The maximum Gasteiger partial charge on any atom is 0.269 e. The largest absolute Gasteiger partial charge is 0.368 e. The zero-order valence-electron chi connectivity index (χ0n) is 14.4. The molecule has 0 unspecified atom stereocenters. The molecule has 2 atom stereocenters. The lowest BCUT2D eigenvalue weighted by molar-refractivity contribution is -0.384. The quantitative estimate of drug-likeness (QED) is 0.597. The number of nitrogens with zero attached hydrogens (tertiary/aromatic N) is 2. The molecule has 0 N–H and O–H groups in total. The predicted molar refractivity (Wildman–Crippen MR) is 100 cm³/mol. The lowest BCUT2D eigenvalue weighted by atomic mass is 9.76. The molecule has 130 valence electrons. The van der Waals surface area contributed by atoms with Crippen LogP contribution in [0.4, 0.5) is 11.4 Å². The van der Waals surface area contributed by atoms with Crippen molar-refractivity contribution in [2.45, 2.75) is 44.6 Å². The molecular formula is C21H24N2O2. The normalized spacial score (nSPS) is 22.2. The van der Waals surface area contributed by atoms with Crippen molar-refractivity contribution in [2.24, 2.45) is 5.92 Å². The molecule has 0 bridgehead atoms. The molecule has 1 aliphatic heterocycles. The Bertz CT molecular complexity index is 760. The summed E-state index contributed by atoms with van der Waals surface area (Å²) in [5, 5.41) is 11.2. The third kappa shape index (κ3) is 3.26. The van der Waals surface area contributed by atoms with Gasteiger partial charge in [0.15, 0.2) is 0 Å². The Morgan fingerprint density at radius 2 is 1.88 bits per heavy atom. The van der Waals surface area contributed by atoms with Crippen LogP contribution in [0.15, 0.2) is 48.5 Å². The fourth-order valence-corrected chi connectivity index (χ4v) is 4.61. The van der Waals surface area contributed by atoms with Crippen LogP contribution in [0.3, 0.4) is 0 Å². The second-order valence-corrected chi connectivity index (χ2v) is 7.32. The van der Waals surface area contributed by atoms with Crippen molar-refractivity contribution >= 4 is 11.4 Å². The van der Waals surface area contributed by atoms with E-state index in [1.165, 1.54) is 36.9 Å². The summed E-state index contributed by atoms with van der Waals surface area (Å²) < 4.78 is 0. The van der Waals surface area contributed by atoms with Gasteiger partial charge in [0.05, 0.1) is 4.92 Å². The van der Waals surface area contributed by atoms with Crippen molar-refractivity contribution < 1.29 is 4.92 Å². The van der Waals surface area contributed by atoms with Gasteiger partial charge in [-0.1, -0.05) is 43.2 Å². The number of benzene rings is 2. The summed E-state index contributed by atoms with van der Waals surface area (Å²) in [6.45, 7) is 0.982. The Morgan fingerprint density at radius 1 is 1.08 bits per heavy atom. The minimum absolute atomic E-state index is 0.219. The molecule has 1 heterocycles. The monoisotopic (exact) mass is 336 g/mol. The number of non-ortho nitro benzene ring substituents is 1. The van der Waals surface area contributed by atoms with Gasteiger partial charge in [-0.25, -0.2) is 0 Å². The summed E-state index contributed by atoms with van der Waals surface area (Å²) in [6, 6.07) is 16.6. The summed E-state index contributed by atoms with van der Waals surface area (Å²) in [5.74, 6) is 0.638. The SMILES string of the molecule is O=[N+]([O-])c1ccc2c(c1)C[C@@H]1CCCC[C@@H]1N2CCc1ccccc1. The van der Waals surface area contributed by atoms with Crippen LogP contribution in [0.1, 0.15) is 36.8 Å². The molecular weight excluding hydrogens is 312 g/mol. The van der Waals surface area contributed by atoms with E-state index in [1.807, 2.05) is 6.07 Å². The number of fused-ring (bicyclic) bond motifs is 2. The van der Waals surface area contributed by atoms with E-state index in [-0.39, 0.29) is 10.6 Å². The van der Waals surface area contributed by atoms with Gasteiger partial charge in [0.25, 0.3) is 5.69 Å². The van der Waals surface area contributed by atoms with Crippen molar-refractivity contribution in [1.29, 1.82) is 0 Å². The minimum atomic E-state index is -0.276. The maximum atomic E-state index is 11.2. The number of anilines is 1. The van der Waals surface area contributed by atoms with Gasteiger partial charge < -0.3 is 4.90 Å². The smallest absolute Gasteiger partial charge is 0.269 e. The molecule has 0 aromatic heterocycles. The first kappa shape index (κ1) is 16.1. The molecule has 0 saturated heterocycles. The van der Waals surface area contributed by atoms with Gasteiger partial charge >= 0.3 is 0 Å². The number of nitro groups is 1. The molecule has 2 aromatic rings. The van der Waals surface area contributed by atoms with Crippen LogP contribution >= 0.6 is 0 Å². The van der Waals surface area contributed by atoms with E-state index in [9.17, 15) is 10.1 Å². The molecule has 0 radical (unpaired) electrons. The Labute approximate surface area is 148 Å². The number of nitro benzene ring substituents is 1. The highest BCUT2D eigenvalue weighted by atomic mass is 16.6. The molecule has 2 aromatic carbocycles. The third-order valence-electron chi connectivity index (χ3n) is 5.82. The molecule has 0 amide bonds. The second-order valence-electron chi connectivity index (χ2n) is 7.32. The molecule has 4 nitrogen and oxygen atoms in total. The molecule has 0 spiro atoms. The van der Waals surface area contributed by atoms with E-state index < -0.39 is 0 Å². The van der Waals surface area contributed by atoms with Gasteiger partial charge in [-0.2, -0.15) is 0 Å². The summed E-state index contributed by atoms with van der Waals surface area (Å²) in [7, 11) is 0. The van der Waals surface area contributed by atoms with E-state index in [0.717, 1.165) is 24.9 Å². The summed E-state index contributed by atoms with van der Waals surface area (Å²) in [5.41, 5.74) is 3.94. The van der Waals surface area contributed by atoms with Crippen LogP contribution < -0.4 is 4.90 Å². The van der Waals surface area contributed by atoms with E-state index in [1.54, 1.807) is 12.1 Å². The predicted octanol–water partition coefficient (Wildman–Crippen LogP) is 4.76. The zero-order valence-corrected chi connectivity index (χ0v) is 14.4. The number of rotatable bonds is 4. The molecule has 25 heavy (non-hydrogen) atoms. The van der Waals surface area contributed by atoms with Gasteiger partial charge in [-0.15, -0.1) is 0 Å². The van der Waals surface area contributed by atoms with E-state index in [4.69, 9.17) is 0 Å². The van der Waals surface area contributed by atoms with Crippen LogP contribution in [0, 0.1) is 16.0 Å². The highest BCUT2D eigenvalue weighted by Gasteiger charge is 2.36. The highest BCUT2D eigenvalue weighted by Crippen LogP contribution is 2.41. The highest BCUT2D eigenvalue weighted by molar-refractivity contribution is 5.61. The van der Waals surface area contributed by atoms with Crippen molar-refractivity contribution in [3.63, 3.8) is 0 Å². The third-order valence-corrected chi connectivity index (χ3v) is 5.82. The van der Waals surface area contributed by atoms with Gasteiger partial charge in [0, 0.05) is 30.4 Å². The van der Waals surface area contributed by atoms with Crippen molar-refractivity contribution in [1.82, 2.24) is 0 Å². The van der Waals surface area contributed by atoms with Crippen LogP contribution in [0.25, 0.3) is 0 Å². The van der Waals surface area contributed by atoms with E-state index in [0.29, 0.717) is 12.0 Å². The molecule has 1 aliphatic carbocycles. The number of hydrogen-bond acceptors (Lipinski definition) is 3. The van der Waals surface area contributed by atoms with Crippen LogP contribution in [-0.4, -0.2) is 17.5 Å². The van der Waals surface area contributed by atoms with Gasteiger partial charge in [-0.05, 0) is 48.8 Å². The lowest BCUT2D eigenvalue weighted by Crippen LogP contribution is -2.47. The maximum absolute atomic E-state index is 11.2. The first-order valence-electron chi connectivity index (χ1n) is 9.30. The van der Waals surface area contributed by atoms with Crippen LogP contribution in [0.5, 0.6) is 0 Å². The second kappa shape index (κ2) is 6.87. The van der Waals surface area contributed by atoms with E-state index >= 15 is 0 Å². The van der Waals surface area contributed by atoms with Crippen molar-refractivity contribution in [3.05, 3.63) is 69.8 Å². The molecule has 2 aliphatic rings. The first-order valence-corrected chi connectivity index (χ1v) is 9.30. The molecule has 1 saturated carbocycles. The van der Waals surface area contributed by atoms with Crippen LogP contribution in [0.2, 0.25) is 0 Å². The lowest BCUT2D eigenvalue weighted by Gasteiger charge is -2.46. The summed E-state index contributed by atoms with van der Waals surface area (Å²) in [6.07, 6.45) is 7.08. The first-order chi connectivity index (χ1) is 12.2. The molecule has 1 fully saturated rings.